The van der Waals surface area contributed by atoms with Crippen LogP contribution < -0.4 is 20.1 Å². The zero-order valence-corrected chi connectivity index (χ0v) is 13.1. The number of ketones is 1. The maximum absolute atomic E-state index is 13.0. The highest BCUT2D eigenvalue weighted by atomic mass is 19.3. The van der Waals surface area contributed by atoms with Crippen molar-refractivity contribution in [3.8, 4) is 11.5 Å². The first-order valence-corrected chi connectivity index (χ1v) is 7.37. The number of nitrogens with one attached hydrogen (secondary N) is 2. The second-order valence-electron chi connectivity index (χ2n) is 5.36. The van der Waals surface area contributed by atoms with Gasteiger partial charge in [-0.15, -0.1) is 8.78 Å². The van der Waals surface area contributed by atoms with Crippen LogP contribution in [-0.4, -0.2) is 24.5 Å². The molecule has 0 radical (unpaired) electrons. The molecule has 0 saturated carbocycles. The van der Waals surface area contributed by atoms with Crippen molar-refractivity contribution in [2.75, 3.05) is 17.2 Å². The highest BCUT2D eigenvalue weighted by Gasteiger charge is 2.43. The number of amides is 1. The normalized spacial score (nSPS) is 14.0. The van der Waals surface area contributed by atoms with Gasteiger partial charge in [0.25, 0.3) is 0 Å². The number of hydrogen-bond donors (Lipinski definition) is 2. The summed E-state index contributed by atoms with van der Waals surface area (Å²) in [4.78, 5) is 23.1. The molecule has 2 N–H and O–H groups in total. The van der Waals surface area contributed by atoms with Crippen LogP contribution in [0.15, 0.2) is 42.5 Å². The van der Waals surface area contributed by atoms with Crippen molar-refractivity contribution in [2.45, 2.75) is 13.2 Å². The summed E-state index contributed by atoms with van der Waals surface area (Å²) in [5.74, 6) is -0.652. The van der Waals surface area contributed by atoms with Gasteiger partial charge in [0.05, 0.1) is 6.54 Å². The molecule has 6 nitrogen and oxygen atoms in total. The molecular weight excluding hydrogens is 334 g/mol. The molecule has 1 amide bonds. The van der Waals surface area contributed by atoms with Gasteiger partial charge in [-0.2, -0.15) is 0 Å². The summed E-state index contributed by atoms with van der Waals surface area (Å²) >= 11 is 0. The molecule has 8 heteroatoms. The lowest BCUT2D eigenvalue weighted by atomic mass is 10.1. The number of benzene rings is 2. The summed E-state index contributed by atoms with van der Waals surface area (Å²) in [5, 5.41) is 5.46. The van der Waals surface area contributed by atoms with Crippen molar-refractivity contribution in [1.82, 2.24) is 0 Å². The third-order valence-electron chi connectivity index (χ3n) is 3.43. The largest absolute Gasteiger partial charge is 0.586 e. The van der Waals surface area contributed by atoms with Crippen LogP contribution in [0.4, 0.5) is 20.2 Å². The molecule has 130 valence electrons. The zero-order valence-electron chi connectivity index (χ0n) is 13.1. The molecule has 3 rings (SSSR count). The molecule has 25 heavy (non-hydrogen) atoms. The van der Waals surface area contributed by atoms with Crippen LogP contribution in [0.2, 0.25) is 0 Å². The first-order valence-electron chi connectivity index (χ1n) is 7.37. The van der Waals surface area contributed by atoms with Gasteiger partial charge < -0.3 is 20.1 Å². The molecule has 0 spiro atoms. The van der Waals surface area contributed by atoms with Gasteiger partial charge in [-0.25, -0.2) is 0 Å². The summed E-state index contributed by atoms with van der Waals surface area (Å²) in [7, 11) is 0. The molecule has 1 heterocycles. The number of fused-ring (bicyclic) bond motifs is 1. The van der Waals surface area contributed by atoms with Gasteiger partial charge in [0.2, 0.25) is 5.91 Å². The van der Waals surface area contributed by atoms with Gasteiger partial charge in [-0.3, -0.25) is 9.59 Å². The van der Waals surface area contributed by atoms with Crippen LogP contribution in [0.5, 0.6) is 11.5 Å². The minimum Gasteiger partial charge on any atom is -0.395 e. The number of halogens is 2. The molecule has 0 unspecified atom stereocenters. The summed E-state index contributed by atoms with van der Waals surface area (Å²) in [6.07, 6.45) is -3.70. The van der Waals surface area contributed by atoms with E-state index < -0.39 is 6.29 Å². The molecule has 2 aromatic carbocycles. The Bertz CT molecular complexity index is 822. The quantitative estimate of drug-likeness (QED) is 0.811. The Morgan fingerprint density at radius 1 is 1.00 bits per heavy atom. The molecule has 0 fully saturated rings. The van der Waals surface area contributed by atoms with E-state index in [-0.39, 0.29) is 29.7 Å². The Labute approximate surface area is 141 Å². The summed E-state index contributed by atoms with van der Waals surface area (Å²) in [5.41, 5.74) is 1.55. The van der Waals surface area contributed by atoms with Crippen molar-refractivity contribution in [2.24, 2.45) is 0 Å². The topological polar surface area (TPSA) is 76.7 Å². The predicted molar refractivity (Wildman–Crippen MR) is 86.2 cm³/mol. The van der Waals surface area contributed by atoms with E-state index in [2.05, 4.69) is 20.1 Å². The first-order chi connectivity index (χ1) is 11.8. The second-order valence-corrected chi connectivity index (χ2v) is 5.36. The fraction of sp³-hybridized carbons (Fsp3) is 0.176. The Balaban J connectivity index is 1.56. The fourth-order valence-electron chi connectivity index (χ4n) is 2.24. The van der Waals surface area contributed by atoms with E-state index in [1.54, 1.807) is 24.3 Å². The molecule has 0 aliphatic carbocycles. The van der Waals surface area contributed by atoms with E-state index in [9.17, 15) is 18.4 Å². The van der Waals surface area contributed by atoms with Gasteiger partial charge in [0, 0.05) is 23.0 Å². The minimum absolute atomic E-state index is 0.0377. The second kappa shape index (κ2) is 6.39. The standard InChI is InChI=1S/C17H14F2N2O4/c1-10(22)11-2-4-12(5-3-11)20-9-16(23)21-13-6-7-14-15(8-13)25-17(18,19)24-14/h2-8,20H,9H2,1H3,(H,21,23). The highest BCUT2D eigenvalue weighted by molar-refractivity contribution is 5.95. The van der Waals surface area contributed by atoms with E-state index >= 15 is 0 Å². The van der Waals surface area contributed by atoms with Gasteiger partial charge in [-0.1, -0.05) is 0 Å². The number of ether oxygens (including phenoxy) is 2. The van der Waals surface area contributed by atoms with Gasteiger partial charge in [-0.05, 0) is 43.3 Å². The Kier molecular flexibility index (Phi) is 4.26. The smallest absolute Gasteiger partial charge is 0.395 e. The number of anilines is 2. The number of carbonyl (C=O) groups excluding carboxylic acids is 2. The monoisotopic (exact) mass is 348 g/mol. The first kappa shape index (κ1) is 16.7. The van der Waals surface area contributed by atoms with E-state index in [0.29, 0.717) is 16.9 Å². The molecule has 0 saturated heterocycles. The average molecular weight is 348 g/mol. The third-order valence-corrected chi connectivity index (χ3v) is 3.43. The lowest BCUT2D eigenvalue weighted by Gasteiger charge is -2.08. The number of hydrogen-bond acceptors (Lipinski definition) is 5. The number of alkyl halides is 2. The molecule has 0 bridgehead atoms. The predicted octanol–water partition coefficient (Wildman–Crippen LogP) is 3.26. The highest BCUT2D eigenvalue weighted by Crippen LogP contribution is 2.42. The maximum atomic E-state index is 13.0. The number of carbonyl (C=O) groups is 2. The van der Waals surface area contributed by atoms with Crippen LogP contribution >= 0.6 is 0 Å². The van der Waals surface area contributed by atoms with Crippen LogP contribution in [0, 0.1) is 0 Å². The van der Waals surface area contributed by atoms with Gasteiger partial charge >= 0.3 is 6.29 Å². The lowest BCUT2D eigenvalue weighted by Crippen LogP contribution is -2.25. The van der Waals surface area contributed by atoms with Crippen LogP contribution in [-0.2, 0) is 4.79 Å². The van der Waals surface area contributed by atoms with Gasteiger partial charge in [0.15, 0.2) is 17.3 Å². The minimum atomic E-state index is -3.70. The third kappa shape index (κ3) is 4.03. The Morgan fingerprint density at radius 3 is 2.32 bits per heavy atom. The number of Topliss-reactive ketones (excluding diaryl/α,β-unsaturated/α-hetero) is 1. The molecule has 1 aliphatic rings. The van der Waals surface area contributed by atoms with E-state index in [4.69, 9.17) is 0 Å². The summed E-state index contributed by atoms with van der Waals surface area (Å²) in [6.45, 7) is 1.43. The van der Waals surface area contributed by atoms with Crippen LogP contribution in [0.1, 0.15) is 17.3 Å². The van der Waals surface area contributed by atoms with E-state index in [1.807, 2.05) is 0 Å². The molecule has 2 aromatic rings. The van der Waals surface area contributed by atoms with Gasteiger partial charge in [0.1, 0.15) is 0 Å². The van der Waals surface area contributed by atoms with Crippen molar-refractivity contribution in [3.63, 3.8) is 0 Å². The molecule has 1 aliphatic heterocycles. The van der Waals surface area contributed by atoms with Crippen LogP contribution in [0.25, 0.3) is 0 Å². The average Bonchev–Trinajstić information content (AvgIpc) is 2.86. The molecule has 0 aromatic heterocycles. The summed E-state index contributed by atoms with van der Waals surface area (Å²) in [6, 6.07) is 10.7. The van der Waals surface area contributed by atoms with Crippen molar-refractivity contribution < 1.29 is 27.8 Å². The van der Waals surface area contributed by atoms with Crippen molar-refractivity contribution in [3.05, 3.63) is 48.0 Å². The van der Waals surface area contributed by atoms with E-state index in [1.165, 1.54) is 25.1 Å². The van der Waals surface area contributed by atoms with Crippen molar-refractivity contribution >= 4 is 23.1 Å². The molecule has 0 atom stereocenters. The van der Waals surface area contributed by atoms with Crippen molar-refractivity contribution in [1.29, 1.82) is 0 Å². The van der Waals surface area contributed by atoms with Crippen LogP contribution in [0.3, 0.4) is 0 Å². The Morgan fingerprint density at radius 2 is 1.64 bits per heavy atom. The van der Waals surface area contributed by atoms with E-state index in [0.717, 1.165) is 0 Å². The zero-order chi connectivity index (χ0) is 18.0. The lowest BCUT2D eigenvalue weighted by molar-refractivity contribution is -0.286. The fourth-order valence-corrected chi connectivity index (χ4v) is 2.24. The molecular formula is C17H14F2N2O4. The maximum Gasteiger partial charge on any atom is 0.586 e. The number of rotatable bonds is 5. The summed E-state index contributed by atoms with van der Waals surface area (Å²) < 4.78 is 34.5. The SMILES string of the molecule is CC(=O)c1ccc(NCC(=O)Nc2ccc3c(c2)OC(F)(F)O3)cc1. The Hall–Kier alpha value is -3.16.